The molecule has 2 aliphatic rings. The van der Waals surface area contributed by atoms with Gasteiger partial charge in [-0.05, 0) is 44.4 Å². The van der Waals surface area contributed by atoms with Crippen molar-refractivity contribution < 1.29 is 14.3 Å². The van der Waals surface area contributed by atoms with Crippen LogP contribution in [-0.2, 0) is 9.59 Å². The normalized spacial score (nSPS) is 19.6. The Morgan fingerprint density at radius 2 is 2.04 bits per heavy atom. The van der Waals surface area contributed by atoms with Crippen molar-refractivity contribution in [2.24, 2.45) is 0 Å². The van der Waals surface area contributed by atoms with Crippen LogP contribution in [0.2, 0.25) is 0 Å². The number of hydrogen-bond acceptors (Lipinski definition) is 4. The molecule has 1 aromatic carbocycles. The van der Waals surface area contributed by atoms with Crippen molar-refractivity contribution in [2.45, 2.75) is 57.9 Å². The number of rotatable bonds is 8. The number of nitrogens with one attached hydrogen (secondary N) is 1. The lowest BCUT2D eigenvalue weighted by Crippen LogP contribution is -2.40. The second-order valence-electron chi connectivity index (χ2n) is 7.66. The van der Waals surface area contributed by atoms with E-state index in [0.717, 1.165) is 24.4 Å². The van der Waals surface area contributed by atoms with Crippen LogP contribution >= 0.6 is 0 Å². The lowest BCUT2D eigenvalue weighted by molar-refractivity contribution is -0.125. The third-order valence-electron chi connectivity index (χ3n) is 5.76. The maximum Gasteiger partial charge on any atom is 0.227 e. The van der Waals surface area contributed by atoms with Crippen molar-refractivity contribution in [2.75, 3.05) is 37.7 Å². The summed E-state index contributed by atoms with van der Waals surface area (Å²) in [5.74, 6) is 0.667. The molecule has 0 saturated carbocycles. The number of carbonyl (C=O) groups excluding carboxylic acids is 2. The Balaban J connectivity index is 1.35. The topological polar surface area (TPSA) is 61.9 Å². The first-order valence-electron chi connectivity index (χ1n) is 10.7. The van der Waals surface area contributed by atoms with E-state index in [2.05, 4.69) is 17.1 Å². The van der Waals surface area contributed by atoms with Gasteiger partial charge in [0.25, 0.3) is 0 Å². The van der Waals surface area contributed by atoms with Gasteiger partial charge in [0.2, 0.25) is 11.8 Å². The van der Waals surface area contributed by atoms with Gasteiger partial charge in [-0.3, -0.25) is 9.59 Å². The maximum absolute atomic E-state index is 12.6. The molecule has 154 valence electrons. The predicted octanol–water partition coefficient (Wildman–Crippen LogP) is 2.96. The minimum Gasteiger partial charge on any atom is -0.490 e. The van der Waals surface area contributed by atoms with Gasteiger partial charge in [-0.15, -0.1) is 0 Å². The van der Waals surface area contributed by atoms with Gasteiger partial charge < -0.3 is 19.9 Å². The Morgan fingerprint density at radius 3 is 2.89 bits per heavy atom. The van der Waals surface area contributed by atoms with E-state index in [0.29, 0.717) is 25.7 Å². The first-order chi connectivity index (χ1) is 13.7. The highest BCUT2D eigenvalue weighted by atomic mass is 16.5. The fraction of sp³-hybridized carbons (Fsp3) is 0.636. The summed E-state index contributed by atoms with van der Waals surface area (Å²) in [6, 6.07) is 8.25. The number of hydrogen-bond donors (Lipinski definition) is 1. The van der Waals surface area contributed by atoms with Crippen LogP contribution < -0.4 is 15.0 Å². The maximum atomic E-state index is 12.6. The molecule has 3 rings (SSSR count). The second kappa shape index (κ2) is 10.5. The molecule has 2 heterocycles. The van der Waals surface area contributed by atoms with E-state index in [9.17, 15) is 9.59 Å². The van der Waals surface area contributed by atoms with Gasteiger partial charge in [-0.2, -0.15) is 0 Å². The Kier molecular flexibility index (Phi) is 7.71. The van der Waals surface area contributed by atoms with Crippen LogP contribution in [0.5, 0.6) is 5.75 Å². The highest BCUT2D eigenvalue weighted by Crippen LogP contribution is 2.31. The van der Waals surface area contributed by atoms with E-state index in [1.165, 1.54) is 32.2 Å². The van der Waals surface area contributed by atoms with Gasteiger partial charge in [-0.25, -0.2) is 0 Å². The molecule has 1 fully saturated rings. The number of amides is 2. The van der Waals surface area contributed by atoms with E-state index in [1.807, 2.05) is 24.3 Å². The van der Waals surface area contributed by atoms with Gasteiger partial charge in [0.1, 0.15) is 12.4 Å². The molecule has 6 nitrogen and oxygen atoms in total. The Labute approximate surface area is 168 Å². The van der Waals surface area contributed by atoms with Gasteiger partial charge in [0.15, 0.2) is 0 Å². The van der Waals surface area contributed by atoms with E-state index in [4.69, 9.17) is 4.74 Å². The summed E-state index contributed by atoms with van der Waals surface area (Å²) < 4.78 is 5.58. The zero-order chi connectivity index (χ0) is 19.8. The number of piperidine rings is 1. The van der Waals surface area contributed by atoms with E-state index >= 15 is 0 Å². The molecule has 1 aromatic rings. The molecule has 2 amide bonds. The van der Waals surface area contributed by atoms with Crippen LogP contribution in [0, 0.1) is 0 Å². The first-order valence-corrected chi connectivity index (χ1v) is 10.7. The Hall–Kier alpha value is -2.08. The van der Waals surface area contributed by atoms with Crippen LogP contribution in [0.3, 0.4) is 0 Å². The van der Waals surface area contributed by atoms with Crippen LogP contribution in [-0.4, -0.2) is 55.5 Å². The van der Waals surface area contributed by atoms with Gasteiger partial charge in [0.05, 0.1) is 12.2 Å². The Morgan fingerprint density at radius 1 is 1.18 bits per heavy atom. The molecule has 0 aromatic heterocycles. The van der Waals surface area contributed by atoms with Gasteiger partial charge in [-0.1, -0.05) is 25.5 Å². The van der Waals surface area contributed by atoms with Crippen molar-refractivity contribution in [3.63, 3.8) is 0 Å². The quantitative estimate of drug-likeness (QED) is 0.697. The summed E-state index contributed by atoms with van der Waals surface area (Å²) in [4.78, 5) is 29.0. The van der Waals surface area contributed by atoms with E-state index in [-0.39, 0.29) is 24.7 Å². The molecule has 0 aliphatic carbocycles. The fourth-order valence-electron chi connectivity index (χ4n) is 4.20. The summed E-state index contributed by atoms with van der Waals surface area (Å²) in [6.07, 6.45) is 6.56. The van der Waals surface area contributed by atoms with Gasteiger partial charge in [0, 0.05) is 32.0 Å². The van der Waals surface area contributed by atoms with Crippen LogP contribution in [0.15, 0.2) is 24.3 Å². The van der Waals surface area contributed by atoms with Crippen LogP contribution in [0.4, 0.5) is 5.69 Å². The van der Waals surface area contributed by atoms with Gasteiger partial charge >= 0.3 is 0 Å². The molecule has 2 aliphatic heterocycles. The minimum atomic E-state index is -0.0411. The largest absolute Gasteiger partial charge is 0.490 e. The number of ether oxygens (including phenoxy) is 1. The van der Waals surface area contributed by atoms with Crippen molar-refractivity contribution in [1.29, 1.82) is 0 Å². The zero-order valence-corrected chi connectivity index (χ0v) is 17.0. The van der Waals surface area contributed by atoms with E-state index in [1.54, 1.807) is 4.90 Å². The van der Waals surface area contributed by atoms with Crippen molar-refractivity contribution in [1.82, 2.24) is 10.2 Å². The number of likely N-dealkylation sites (tertiary alicyclic amines) is 1. The average molecular weight is 388 g/mol. The lowest BCUT2D eigenvalue weighted by atomic mass is 10.00. The summed E-state index contributed by atoms with van der Waals surface area (Å²) in [5, 5.41) is 2.97. The SMILES string of the molecule is CC[C@H]1CCCCN1CCCNC(=O)CCC(=O)N1CCOc2ccccc21. The van der Waals surface area contributed by atoms with Crippen molar-refractivity contribution in [3.8, 4) is 5.75 Å². The third kappa shape index (κ3) is 5.47. The molecular weight excluding hydrogens is 354 g/mol. The highest BCUT2D eigenvalue weighted by molar-refractivity contribution is 5.97. The standard InChI is InChI=1S/C22H33N3O3/c1-2-18-8-5-6-14-24(18)15-7-13-23-21(26)11-12-22(27)25-16-17-28-20-10-4-3-9-19(20)25/h3-4,9-10,18H,2,5-8,11-17H2,1H3,(H,23,26)/t18-/m0/s1. The smallest absolute Gasteiger partial charge is 0.227 e. The summed E-state index contributed by atoms with van der Waals surface area (Å²) >= 11 is 0. The number of benzene rings is 1. The van der Waals surface area contributed by atoms with Crippen LogP contribution in [0.1, 0.15) is 51.9 Å². The molecule has 1 saturated heterocycles. The molecule has 0 spiro atoms. The highest BCUT2D eigenvalue weighted by Gasteiger charge is 2.23. The summed E-state index contributed by atoms with van der Waals surface area (Å²) in [7, 11) is 0. The van der Waals surface area contributed by atoms with E-state index < -0.39 is 0 Å². The molecule has 0 radical (unpaired) electrons. The second-order valence-corrected chi connectivity index (χ2v) is 7.66. The Bertz CT molecular complexity index is 664. The lowest BCUT2D eigenvalue weighted by Gasteiger charge is -2.35. The molecule has 0 unspecified atom stereocenters. The average Bonchev–Trinajstić information content (AvgIpc) is 2.75. The predicted molar refractivity (Wildman–Crippen MR) is 111 cm³/mol. The number of carbonyl (C=O) groups is 2. The number of para-hydroxylation sites is 2. The molecule has 1 N–H and O–H groups in total. The number of fused-ring (bicyclic) bond motifs is 1. The molecule has 6 heteroatoms. The number of nitrogens with zero attached hydrogens (tertiary/aromatic N) is 2. The third-order valence-corrected chi connectivity index (χ3v) is 5.76. The molecule has 28 heavy (non-hydrogen) atoms. The minimum absolute atomic E-state index is 0.0231. The first kappa shape index (κ1) is 20.6. The zero-order valence-electron chi connectivity index (χ0n) is 17.0. The molecule has 1 atom stereocenters. The summed E-state index contributed by atoms with van der Waals surface area (Å²) in [5.41, 5.74) is 0.797. The van der Waals surface area contributed by atoms with Crippen LogP contribution in [0.25, 0.3) is 0 Å². The molecule has 0 bridgehead atoms. The van der Waals surface area contributed by atoms with Crippen molar-refractivity contribution >= 4 is 17.5 Å². The van der Waals surface area contributed by atoms with Crippen molar-refractivity contribution in [3.05, 3.63) is 24.3 Å². The summed E-state index contributed by atoms with van der Waals surface area (Å²) in [6.45, 7) is 6.19. The number of anilines is 1. The fourth-order valence-corrected chi connectivity index (χ4v) is 4.20. The monoisotopic (exact) mass is 387 g/mol. The molecular formula is C22H33N3O3.